The number of rotatable bonds is 46. The maximum absolute atomic E-state index is 15.3. The molecule has 624 valence electrons. The van der Waals surface area contributed by atoms with Gasteiger partial charge in [0.15, 0.2) is 0 Å². The molecule has 32 nitrogen and oxygen atoms in total. The summed E-state index contributed by atoms with van der Waals surface area (Å²) in [4.78, 5) is 198. The second-order valence-corrected chi connectivity index (χ2v) is 30.3. The Labute approximate surface area is 680 Å². The van der Waals surface area contributed by atoms with Crippen LogP contribution in [0.25, 0.3) is 10.8 Å². The number of pyridine rings is 3. The average molecular weight is 1620 g/mol. The summed E-state index contributed by atoms with van der Waals surface area (Å²) in [6, 6.07) is 17.2. The van der Waals surface area contributed by atoms with Crippen molar-refractivity contribution in [3.8, 4) is 0 Å². The van der Waals surface area contributed by atoms with Crippen LogP contribution >= 0.6 is 11.6 Å². The molecule has 0 saturated carbocycles. The van der Waals surface area contributed by atoms with E-state index in [1.54, 1.807) is 48.5 Å². The lowest BCUT2D eigenvalue weighted by atomic mass is 9.99. The van der Waals surface area contributed by atoms with Crippen molar-refractivity contribution in [2.45, 2.75) is 217 Å². The predicted molar refractivity (Wildman–Crippen MR) is 437 cm³/mol. The Hall–Kier alpha value is -11.5. The van der Waals surface area contributed by atoms with E-state index in [0.29, 0.717) is 47.5 Å². The summed E-state index contributed by atoms with van der Waals surface area (Å²) in [5.74, 6) is -9.75. The summed E-state index contributed by atoms with van der Waals surface area (Å²) in [7, 11) is 0. The third-order valence-electron chi connectivity index (χ3n) is 19.5. The van der Waals surface area contributed by atoms with Gasteiger partial charge in [0.2, 0.25) is 65.0 Å². The molecule has 1 saturated heterocycles. The number of hydrogen-bond donors (Lipinski definition) is 15. The molecular weight excluding hydrogens is 1510 g/mol. The fourth-order valence-electron chi connectivity index (χ4n) is 13.2. The van der Waals surface area contributed by atoms with Crippen molar-refractivity contribution < 1.29 is 67.4 Å². The number of carbonyl (C=O) groups is 13. The van der Waals surface area contributed by atoms with E-state index in [1.165, 1.54) is 68.7 Å². The number of aliphatic hydroxyl groups is 1. The summed E-state index contributed by atoms with van der Waals surface area (Å²) in [5.41, 5.74) is 13.3. The van der Waals surface area contributed by atoms with Crippen molar-refractivity contribution in [2.24, 2.45) is 11.7 Å². The number of nitrogens with zero attached hydrogens (tertiary/aromatic N) is 4. The molecule has 0 unspecified atom stereocenters. The molecule has 11 atom stereocenters. The number of anilines is 1. The van der Waals surface area contributed by atoms with Gasteiger partial charge in [-0.05, 0) is 173 Å². The second kappa shape index (κ2) is 46.7. The quantitative estimate of drug-likeness (QED) is 0.0244. The number of aliphatic hydroxyl groups excluding tert-OH is 1. The first-order valence-corrected chi connectivity index (χ1v) is 39.8. The van der Waals surface area contributed by atoms with Gasteiger partial charge in [0.25, 0.3) is 11.8 Å². The van der Waals surface area contributed by atoms with E-state index in [-0.39, 0.29) is 126 Å². The largest absolute Gasteiger partial charge is 0.391 e. The Morgan fingerprint density at radius 2 is 1.06 bits per heavy atom. The molecule has 33 heteroatoms. The molecule has 7 rings (SSSR count). The van der Waals surface area contributed by atoms with E-state index in [4.69, 9.17) is 23.1 Å². The second-order valence-electron chi connectivity index (χ2n) is 29.9. The van der Waals surface area contributed by atoms with Crippen molar-refractivity contribution >= 4 is 105 Å². The lowest BCUT2D eigenvalue weighted by Crippen LogP contribution is -2.62. The van der Waals surface area contributed by atoms with Gasteiger partial charge in [-0.2, -0.15) is 0 Å². The van der Waals surface area contributed by atoms with Crippen LogP contribution in [0.15, 0.2) is 134 Å². The molecule has 1 aliphatic rings. The summed E-state index contributed by atoms with van der Waals surface area (Å²) in [5, 5.41) is 47.3. The Kier molecular flexibility index (Phi) is 36.9. The number of amides is 13. The van der Waals surface area contributed by atoms with Crippen LogP contribution in [0, 0.1) is 5.92 Å². The molecule has 1 fully saturated rings. The third kappa shape index (κ3) is 30.4. The highest BCUT2D eigenvalue weighted by Crippen LogP contribution is 2.23. The van der Waals surface area contributed by atoms with Crippen LogP contribution in [0.3, 0.4) is 0 Å². The molecule has 4 heterocycles. The van der Waals surface area contributed by atoms with Crippen LogP contribution in [0.2, 0.25) is 5.02 Å². The van der Waals surface area contributed by atoms with E-state index < -0.39 is 143 Å². The van der Waals surface area contributed by atoms with Crippen LogP contribution in [-0.4, -0.2) is 200 Å². The molecule has 1 aliphatic heterocycles. The summed E-state index contributed by atoms with van der Waals surface area (Å²) in [6.45, 7) is 12.4. The Morgan fingerprint density at radius 3 is 1.65 bits per heavy atom. The molecule has 6 aromatic rings. The highest BCUT2D eigenvalue weighted by molar-refractivity contribution is 6.30. The summed E-state index contributed by atoms with van der Waals surface area (Å²) in [6.07, 6.45) is 5.94. The SMILES string of the molecule is CC(=O)N[C@H](Cc1ccc2ccccc2c1)C(=O)N[C@H](Cc1ccc(Cl)cc1)C(=O)N[C@H](Cc1cccnc1)C(=O)N[C@H](C(=O)N[C@@H](CCCCNC(=O)c1ccccn1)C(=O)N[C@H](CCCCNC(=O)c1ccc(N)nc1)C(=O)N[C@@H](CC(C)C)C(=O)N[C@@H](CCCCNC(C)C)C(=O)N1CCC[C@H]1C(=O)N[C@H](C)C(N)=O)[C@@H](C)O. The van der Waals surface area contributed by atoms with Crippen LogP contribution in [0.1, 0.15) is 163 Å². The van der Waals surface area contributed by atoms with Gasteiger partial charge in [0.05, 0.1) is 11.7 Å². The zero-order valence-electron chi connectivity index (χ0n) is 66.7. The number of nitrogens with two attached hydrogens (primary N) is 2. The fourth-order valence-corrected chi connectivity index (χ4v) is 13.3. The van der Waals surface area contributed by atoms with Gasteiger partial charge in [0, 0.05) is 81.7 Å². The minimum Gasteiger partial charge on any atom is -0.391 e. The van der Waals surface area contributed by atoms with Gasteiger partial charge in [-0.15, -0.1) is 0 Å². The molecule has 3 aromatic carbocycles. The van der Waals surface area contributed by atoms with E-state index in [9.17, 15) is 43.5 Å². The first kappa shape index (κ1) is 91.7. The molecule has 0 radical (unpaired) electrons. The number of aromatic nitrogens is 3. The molecular formula is C83H111ClN18O14. The first-order valence-electron chi connectivity index (χ1n) is 39.4. The Bertz CT molecular complexity index is 4300. The number of nitrogen functional groups attached to an aromatic ring is 1. The monoisotopic (exact) mass is 1620 g/mol. The number of unbranched alkanes of at least 4 members (excludes halogenated alkanes) is 3. The number of nitrogens with one attached hydrogen (secondary N) is 12. The molecule has 0 aliphatic carbocycles. The molecule has 17 N–H and O–H groups in total. The van der Waals surface area contributed by atoms with Crippen molar-refractivity contribution in [1.29, 1.82) is 0 Å². The Morgan fingerprint density at radius 1 is 0.517 bits per heavy atom. The predicted octanol–water partition coefficient (Wildman–Crippen LogP) is 2.96. The van der Waals surface area contributed by atoms with Gasteiger partial charge in [0.1, 0.15) is 71.9 Å². The van der Waals surface area contributed by atoms with Gasteiger partial charge < -0.3 is 85.3 Å². The number of fused-ring (bicyclic) bond motifs is 1. The number of halogens is 1. The number of benzene rings is 3. The number of carbonyl (C=O) groups excluding carboxylic acids is 13. The van der Waals surface area contributed by atoms with Gasteiger partial charge in [-0.1, -0.05) is 106 Å². The lowest BCUT2D eigenvalue weighted by Gasteiger charge is -2.31. The van der Waals surface area contributed by atoms with Crippen LogP contribution in [0.4, 0.5) is 5.82 Å². The van der Waals surface area contributed by atoms with E-state index in [0.717, 1.165) is 10.8 Å². The molecule has 0 spiro atoms. The van der Waals surface area contributed by atoms with Crippen molar-refractivity contribution in [3.05, 3.63) is 167 Å². The number of hydrogen-bond acceptors (Lipinski definition) is 19. The van der Waals surface area contributed by atoms with E-state index in [2.05, 4.69) is 78.8 Å². The highest BCUT2D eigenvalue weighted by atomic mass is 35.5. The number of likely N-dealkylation sites (tertiary alicyclic amines) is 1. The zero-order chi connectivity index (χ0) is 84.4. The van der Waals surface area contributed by atoms with Gasteiger partial charge in [-0.25, -0.2) is 4.98 Å². The maximum Gasteiger partial charge on any atom is 0.269 e. The lowest BCUT2D eigenvalue weighted by molar-refractivity contribution is -0.142. The molecule has 116 heavy (non-hydrogen) atoms. The minimum atomic E-state index is -1.87. The maximum atomic E-state index is 15.3. The zero-order valence-corrected chi connectivity index (χ0v) is 67.5. The Balaban J connectivity index is 1.17. The minimum absolute atomic E-state index is 0.0201. The van der Waals surface area contributed by atoms with E-state index in [1.807, 2.05) is 70.2 Å². The summed E-state index contributed by atoms with van der Waals surface area (Å²) < 4.78 is 0. The molecule has 0 bridgehead atoms. The van der Waals surface area contributed by atoms with Gasteiger partial charge in [-0.3, -0.25) is 72.3 Å². The normalized spacial score (nSPS) is 15.1. The van der Waals surface area contributed by atoms with Crippen molar-refractivity contribution in [3.63, 3.8) is 0 Å². The topological polar surface area (TPSA) is 480 Å². The third-order valence-corrected chi connectivity index (χ3v) is 19.7. The smallest absolute Gasteiger partial charge is 0.269 e. The fraction of sp³-hybridized carbons (Fsp3) is 0.470. The average Bonchev–Trinajstić information content (AvgIpc) is 1.14. The van der Waals surface area contributed by atoms with Crippen molar-refractivity contribution in [1.82, 2.24) is 83.7 Å². The van der Waals surface area contributed by atoms with Crippen molar-refractivity contribution in [2.75, 3.05) is 31.9 Å². The standard InChI is InChI=1S/C83H111ClN18O14/c1-49(2)42-65(77(110)97-64(26-13-14-37-88-50(3)4)83(116)102-41-19-27-69(102)81(114)93-51(5)72(86)105)98-76(109)62(24-11-16-39-90-73(106)59-32-35-70(85)92-48-59)95-75(108)63(25-12-17-40-91-74(107)61-23-10-15-38-89-61)96-82(115)71(52(6)103)101-80(113)68(46-56-20-18-36-87-47-56)100-79(112)67(44-54-29-33-60(84)34-30-54)99-78(111)66(94-53(7)104)45-55-28-31-57-21-8-9-22-58(57)43-55/h8-10,15,18,20-23,28-36,38,43,47-52,62-69,71,88,103H,11-14,16-17,19,24-27,37,39-42,44-46H2,1-7H3,(H2,85,92)(H2,86,105)(H,90,106)(H,91,107)(H,93,114)(H,94,104)(H,95,108)(H,96,115)(H,97,110)(H,98,109)(H,99,111)(H,100,112)(H,101,113)/t51-,52-,62-,63+,64+,65+,66-,67-,68-,69+,71+/m1/s1. The van der Waals surface area contributed by atoms with Crippen LogP contribution < -0.4 is 75.3 Å². The van der Waals surface area contributed by atoms with Crippen LogP contribution in [-0.2, 0) is 72.0 Å². The number of primary amides is 1. The molecule has 13 amide bonds. The molecule has 3 aromatic heterocycles. The van der Waals surface area contributed by atoms with Gasteiger partial charge >= 0.3 is 0 Å². The first-order chi connectivity index (χ1) is 55.4. The van der Waals surface area contributed by atoms with Crippen LogP contribution in [0.5, 0.6) is 0 Å². The summed E-state index contributed by atoms with van der Waals surface area (Å²) >= 11 is 6.28. The van der Waals surface area contributed by atoms with E-state index >= 15 is 24.0 Å². The highest BCUT2D eigenvalue weighted by Gasteiger charge is 2.41.